The first-order chi connectivity index (χ1) is 14.6. The van der Waals surface area contributed by atoms with Gasteiger partial charge in [-0.05, 0) is 56.5 Å². The molecule has 2 aromatic heterocycles. The number of hydrogen-bond donors (Lipinski definition) is 1. The summed E-state index contributed by atoms with van der Waals surface area (Å²) >= 11 is 1.25. The number of piperidine rings is 1. The van der Waals surface area contributed by atoms with Gasteiger partial charge in [0.05, 0.1) is 6.33 Å². The van der Waals surface area contributed by atoms with Gasteiger partial charge in [0.15, 0.2) is 0 Å². The van der Waals surface area contributed by atoms with E-state index >= 15 is 0 Å². The van der Waals surface area contributed by atoms with E-state index in [-0.39, 0.29) is 11.5 Å². The first-order valence-electron chi connectivity index (χ1n) is 10.5. The summed E-state index contributed by atoms with van der Waals surface area (Å²) in [7, 11) is 3.14. The summed E-state index contributed by atoms with van der Waals surface area (Å²) in [6.45, 7) is 7.84. The number of nitrogens with zero attached hydrogens (tertiary/aromatic N) is 4. The summed E-state index contributed by atoms with van der Waals surface area (Å²) in [6, 6.07) is 0.401. The van der Waals surface area contributed by atoms with Crippen molar-refractivity contribution in [3.05, 3.63) is 40.6 Å². The molecule has 1 fully saturated rings. The summed E-state index contributed by atoms with van der Waals surface area (Å²) in [5, 5.41) is 7.00. The van der Waals surface area contributed by atoms with Crippen LogP contribution in [0.4, 0.5) is 0 Å². The van der Waals surface area contributed by atoms with E-state index in [1.54, 1.807) is 10.9 Å². The topological polar surface area (TPSA) is 71.2 Å². The molecule has 3 heterocycles. The van der Waals surface area contributed by atoms with Gasteiger partial charge < -0.3 is 10.0 Å². The van der Waals surface area contributed by atoms with Crippen LogP contribution in [0, 0.1) is 17.8 Å². The monoisotopic (exact) mass is 428 g/mol. The van der Waals surface area contributed by atoms with Crippen molar-refractivity contribution in [1.29, 1.82) is 0 Å². The van der Waals surface area contributed by atoms with Gasteiger partial charge in [0.1, 0.15) is 15.9 Å². The molecule has 1 aliphatic carbocycles. The third kappa shape index (κ3) is 5.25. The molecular weight excluding hydrogens is 396 g/mol. The molecule has 162 valence electrons. The number of hydrogen-bond acceptors (Lipinski definition) is 6. The molecule has 30 heavy (non-hydrogen) atoms. The number of likely N-dealkylation sites (tertiary alicyclic amines) is 1. The SMILES string of the molecule is CC.CC1C#CC=CC=C1c1nsc2c(=O)n(CC3CCCCN3C)cnc12.CO. The molecule has 2 unspecified atom stereocenters. The quantitative estimate of drug-likeness (QED) is 0.757. The average molecular weight is 429 g/mol. The smallest absolute Gasteiger partial charge is 0.272 e. The molecule has 2 aromatic rings. The van der Waals surface area contributed by atoms with E-state index in [0.717, 1.165) is 31.3 Å². The molecule has 0 radical (unpaired) electrons. The zero-order valence-corrected chi connectivity index (χ0v) is 19.4. The highest BCUT2D eigenvalue weighted by atomic mass is 32.1. The molecule has 0 aromatic carbocycles. The second kappa shape index (κ2) is 11.8. The van der Waals surface area contributed by atoms with Crippen LogP contribution in [0.3, 0.4) is 0 Å². The molecule has 0 bridgehead atoms. The molecule has 0 saturated carbocycles. The Morgan fingerprint density at radius 2 is 2.07 bits per heavy atom. The average Bonchev–Trinajstić information content (AvgIpc) is 3.10. The van der Waals surface area contributed by atoms with Crippen LogP contribution in [0.5, 0.6) is 0 Å². The third-order valence-electron chi connectivity index (χ3n) is 5.27. The van der Waals surface area contributed by atoms with Gasteiger partial charge in [-0.1, -0.05) is 44.3 Å². The van der Waals surface area contributed by atoms with Gasteiger partial charge in [-0.15, -0.1) is 0 Å². The lowest BCUT2D eigenvalue weighted by molar-refractivity contribution is 0.166. The van der Waals surface area contributed by atoms with Gasteiger partial charge in [0.2, 0.25) is 0 Å². The van der Waals surface area contributed by atoms with Gasteiger partial charge in [0, 0.05) is 25.6 Å². The Balaban J connectivity index is 0.000000757. The van der Waals surface area contributed by atoms with Crippen molar-refractivity contribution in [2.75, 3.05) is 20.7 Å². The fourth-order valence-electron chi connectivity index (χ4n) is 3.66. The lowest BCUT2D eigenvalue weighted by Crippen LogP contribution is -2.41. The van der Waals surface area contributed by atoms with Crippen LogP contribution in [0.25, 0.3) is 15.8 Å². The second-order valence-electron chi connectivity index (χ2n) is 7.03. The van der Waals surface area contributed by atoms with E-state index in [2.05, 4.69) is 40.1 Å². The maximum Gasteiger partial charge on any atom is 0.272 e. The Morgan fingerprint density at radius 3 is 2.80 bits per heavy atom. The van der Waals surface area contributed by atoms with Crippen molar-refractivity contribution in [3.63, 3.8) is 0 Å². The molecule has 1 saturated heterocycles. The minimum Gasteiger partial charge on any atom is -0.400 e. The highest BCUT2D eigenvalue weighted by molar-refractivity contribution is 7.13. The maximum atomic E-state index is 13.0. The lowest BCUT2D eigenvalue weighted by Gasteiger charge is -2.32. The number of aliphatic hydroxyl groups excluding tert-OH is 1. The van der Waals surface area contributed by atoms with Crippen molar-refractivity contribution in [3.8, 4) is 11.8 Å². The Hall–Kier alpha value is -2.27. The molecule has 0 spiro atoms. The van der Waals surface area contributed by atoms with Crippen molar-refractivity contribution >= 4 is 27.3 Å². The van der Waals surface area contributed by atoms with E-state index in [4.69, 9.17) is 5.11 Å². The van der Waals surface area contributed by atoms with Gasteiger partial charge in [-0.2, -0.15) is 4.37 Å². The predicted octanol–water partition coefficient (Wildman–Crippen LogP) is 3.56. The summed E-state index contributed by atoms with van der Waals surface area (Å²) in [5.74, 6) is 6.25. The number of likely N-dealkylation sites (N-methyl/N-ethyl adjacent to an activating group) is 1. The first kappa shape index (κ1) is 24.0. The fourth-order valence-corrected chi connectivity index (χ4v) is 4.46. The molecule has 2 aliphatic rings. The number of aromatic nitrogens is 3. The standard InChI is InChI=1S/C20H22N4OS.C2H6.CH4O/c1-14-8-4-3-5-10-16(14)17-18-19(26-22-17)20(25)24(13-21-18)12-15-9-6-7-11-23(15)2;2*1-2/h3,5,10,13-15H,6-7,9,11-12H2,1-2H3;1-2H3;2H,1H3. The van der Waals surface area contributed by atoms with Crippen LogP contribution in [0.1, 0.15) is 45.7 Å². The van der Waals surface area contributed by atoms with E-state index in [1.807, 2.05) is 32.1 Å². The van der Waals surface area contributed by atoms with Gasteiger partial charge in [-0.25, -0.2) is 4.98 Å². The van der Waals surface area contributed by atoms with E-state index in [1.165, 1.54) is 24.4 Å². The van der Waals surface area contributed by atoms with Crippen molar-refractivity contribution < 1.29 is 5.11 Å². The highest BCUT2D eigenvalue weighted by Crippen LogP contribution is 2.29. The lowest BCUT2D eigenvalue weighted by atomic mass is 9.98. The zero-order chi connectivity index (χ0) is 22.1. The largest absolute Gasteiger partial charge is 0.400 e. The third-order valence-corrected chi connectivity index (χ3v) is 6.10. The Morgan fingerprint density at radius 1 is 1.30 bits per heavy atom. The zero-order valence-electron chi connectivity index (χ0n) is 18.6. The summed E-state index contributed by atoms with van der Waals surface area (Å²) in [6.07, 6.45) is 11.1. The van der Waals surface area contributed by atoms with Crippen molar-refractivity contribution in [2.24, 2.45) is 5.92 Å². The first-order valence-corrected chi connectivity index (χ1v) is 11.3. The molecule has 7 heteroatoms. The molecule has 1 N–H and O–H groups in total. The highest BCUT2D eigenvalue weighted by Gasteiger charge is 2.22. The van der Waals surface area contributed by atoms with Gasteiger partial charge in [-0.3, -0.25) is 9.36 Å². The van der Waals surface area contributed by atoms with Crippen LogP contribution >= 0.6 is 11.5 Å². The van der Waals surface area contributed by atoms with Crippen molar-refractivity contribution in [1.82, 2.24) is 18.8 Å². The predicted molar refractivity (Wildman–Crippen MR) is 125 cm³/mol. The molecule has 6 nitrogen and oxygen atoms in total. The minimum absolute atomic E-state index is 0.0150. The van der Waals surface area contributed by atoms with Crippen LogP contribution in [-0.4, -0.2) is 50.7 Å². The van der Waals surface area contributed by atoms with Crippen LogP contribution in [0.2, 0.25) is 0 Å². The Kier molecular flexibility index (Phi) is 9.44. The molecule has 1 aliphatic heterocycles. The fraction of sp³-hybridized carbons (Fsp3) is 0.522. The summed E-state index contributed by atoms with van der Waals surface area (Å²) < 4.78 is 6.95. The summed E-state index contributed by atoms with van der Waals surface area (Å²) in [5.41, 5.74) is 2.52. The second-order valence-corrected chi connectivity index (χ2v) is 7.81. The van der Waals surface area contributed by atoms with Crippen LogP contribution in [0.15, 0.2) is 29.3 Å². The Bertz CT molecular complexity index is 1010. The summed E-state index contributed by atoms with van der Waals surface area (Å²) in [4.78, 5) is 19.9. The van der Waals surface area contributed by atoms with Gasteiger partial charge >= 0.3 is 0 Å². The van der Waals surface area contributed by atoms with E-state index < -0.39 is 0 Å². The number of allylic oxidation sites excluding steroid dienone is 4. The van der Waals surface area contributed by atoms with E-state index in [9.17, 15) is 4.79 Å². The number of fused-ring (bicyclic) bond motifs is 1. The Labute approximate surface area is 183 Å². The molecule has 4 rings (SSSR count). The van der Waals surface area contributed by atoms with E-state index in [0.29, 0.717) is 22.8 Å². The van der Waals surface area contributed by atoms with Gasteiger partial charge in [0.25, 0.3) is 5.56 Å². The number of rotatable bonds is 3. The molecule has 2 atom stereocenters. The maximum absolute atomic E-state index is 13.0. The van der Waals surface area contributed by atoms with Crippen molar-refractivity contribution in [2.45, 2.75) is 52.6 Å². The minimum atomic E-state index is 0.0150. The van der Waals surface area contributed by atoms with Crippen LogP contribution in [-0.2, 0) is 6.54 Å². The number of aliphatic hydroxyl groups is 1. The molecular formula is C23H32N4O2S. The normalized spacial score (nSPS) is 20.7. The van der Waals surface area contributed by atoms with Crippen LogP contribution < -0.4 is 5.56 Å². The molecule has 0 amide bonds.